The molecule has 0 aliphatic carbocycles. The van der Waals surface area contributed by atoms with Crippen LogP contribution in [-0.2, 0) is 4.79 Å². The van der Waals surface area contributed by atoms with Gasteiger partial charge in [-0.3, -0.25) is 4.79 Å². The minimum atomic E-state index is -0.894. The number of aliphatic carboxylic acids is 1. The molecule has 0 radical (unpaired) electrons. The van der Waals surface area contributed by atoms with Crippen LogP contribution in [0.3, 0.4) is 0 Å². The monoisotopic (exact) mass is 216 g/mol. The molecular weight excluding hydrogens is 204 g/mol. The molecule has 0 saturated carbocycles. The van der Waals surface area contributed by atoms with Crippen LogP contribution in [0.15, 0.2) is 36.5 Å². The Morgan fingerprint density at radius 2 is 2.06 bits per heavy atom. The number of nitrogens with one attached hydrogen (secondary N) is 1. The molecule has 2 N–H and O–H groups in total. The van der Waals surface area contributed by atoms with Crippen molar-refractivity contribution in [2.24, 2.45) is 0 Å². The van der Waals surface area contributed by atoms with Gasteiger partial charge in [0.2, 0.25) is 0 Å². The fourth-order valence-corrected chi connectivity index (χ4v) is 1.45. The third-order valence-electron chi connectivity index (χ3n) is 2.37. The lowest BCUT2D eigenvalue weighted by Crippen LogP contribution is -2.25. The lowest BCUT2D eigenvalue weighted by molar-refractivity contribution is -0.137. The number of carboxylic acid groups (broad SMARTS) is 1. The highest BCUT2D eigenvalue weighted by Gasteiger charge is 2.10. The molecule has 16 heavy (non-hydrogen) atoms. The van der Waals surface area contributed by atoms with Gasteiger partial charge in [-0.05, 0) is 18.4 Å². The largest absolute Gasteiger partial charge is 0.480 e. The molecule has 1 aromatic carbocycles. The Labute approximate surface area is 92.9 Å². The van der Waals surface area contributed by atoms with E-state index in [1.165, 1.54) is 0 Å². The molecule has 82 valence electrons. The molecule has 4 heteroatoms. The third-order valence-corrected chi connectivity index (χ3v) is 2.37. The van der Waals surface area contributed by atoms with E-state index in [4.69, 9.17) is 5.11 Å². The standard InChI is InChI=1S/C12H12N2O2/c1-8(12(15)16)14-11-6-9-4-2-3-5-10(9)7-13-11/h2-8H,1H3,(H,13,14)(H,15,16)/t8-/m0/s1. The van der Waals surface area contributed by atoms with Gasteiger partial charge >= 0.3 is 5.97 Å². The quantitative estimate of drug-likeness (QED) is 0.824. The minimum Gasteiger partial charge on any atom is -0.480 e. The van der Waals surface area contributed by atoms with E-state index in [-0.39, 0.29) is 0 Å². The number of nitrogens with zero attached hydrogens (tertiary/aromatic N) is 1. The molecular formula is C12H12N2O2. The van der Waals surface area contributed by atoms with Gasteiger partial charge in [0, 0.05) is 11.6 Å². The SMILES string of the molecule is C[C@H](Nc1cc2ccccc2cn1)C(=O)O. The number of fused-ring (bicyclic) bond motifs is 1. The van der Waals surface area contributed by atoms with Crippen molar-refractivity contribution >= 4 is 22.6 Å². The van der Waals surface area contributed by atoms with Crippen molar-refractivity contribution in [3.05, 3.63) is 36.5 Å². The van der Waals surface area contributed by atoms with Gasteiger partial charge in [0.15, 0.2) is 0 Å². The maximum atomic E-state index is 10.7. The summed E-state index contributed by atoms with van der Waals surface area (Å²) in [4.78, 5) is 14.8. The normalized spacial score (nSPS) is 12.3. The van der Waals surface area contributed by atoms with Gasteiger partial charge in [0.1, 0.15) is 11.9 Å². The van der Waals surface area contributed by atoms with E-state index in [9.17, 15) is 4.79 Å². The van der Waals surface area contributed by atoms with Crippen LogP contribution < -0.4 is 5.32 Å². The van der Waals surface area contributed by atoms with Crippen LogP contribution in [0.5, 0.6) is 0 Å². The predicted molar refractivity (Wildman–Crippen MR) is 62.5 cm³/mol. The Morgan fingerprint density at radius 1 is 1.38 bits per heavy atom. The van der Waals surface area contributed by atoms with Crippen molar-refractivity contribution in [1.82, 2.24) is 4.98 Å². The lowest BCUT2D eigenvalue weighted by Gasteiger charge is -2.10. The summed E-state index contributed by atoms with van der Waals surface area (Å²) in [5.74, 6) is -0.316. The van der Waals surface area contributed by atoms with Crippen LogP contribution in [0, 0.1) is 0 Å². The fraction of sp³-hybridized carbons (Fsp3) is 0.167. The fourth-order valence-electron chi connectivity index (χ4n) is 1.45. The average molecular weight is 216 g/mol. The number of rotatable bonds is 3. The third kappa shape index (κ3) is 2.11. The first-order valence-electron chi connectivity index (χ1n) is 5.01. The van der Waals surface area contributed by atoms with Gasteiger partial charge in [-0.25, -0.2) is 4.98 Å². The molecule has 2 rings (SSSR count). The van der Waals surface area contributed by atoms with E-state index in [0.29, 0.717) is 5.82 Å². The molecule has 1 heterocycles. The van der Waals surface area contributed by atoms with Crippen LogP contribution in [0.25, 0.3) is 10.8 Å². The van der Waals surface area contributed by atoms with Gasteiger partial charge in [-0.2, -0.15) is 0 Å². The van der Waals surface area contributed by atoms with Gasteiger partial charge < -0.3 is 10.4 Å². The smallest absolute Gasteiger partial charge is 0.325 e. The number of carboxylic acids is 1. The molecule has 0 aliphatic heterocycles. The Balaban J connectivity index is 2.29. The minimum absolute atomic E-state index is 0.577. The first-order chi connectivity index (χ1) is 7.66. The average Bonchev–Trinajstić information content (AvgIpc) is 2.28. The van der Waals surface area contributed by atoms with Crippen LogP contribution in [0.1, 0.15) is 6.92 Å². The van der Waals surface area contributed by atoms with Gasteiger partial charge in [-0.15, -0.1) is 0 Å². The second-order valence-corrected chi connectivity index (χ2v) is 3.62. The molecule has 0 aliphatic rings. The van der Waals surface area contributed by atoms with E-state index in [1.807, 2.05) is 30.3 Å². The maximum absolute atomic E-state index is 10.7. The highest BCUT2D eigenvalue weighted by molar-refractivity contribution is 5.84. The number of carbonyl (C=O) groups is 1. The number of anilines is 1. The van der Waals surface area contributed by atoms with Gasteiger partial charge in [0.25, 0.3) is 0 Å². The first-order valence-corrected chi connectivity index (χ1v) is 5.01. The van der Waals surface area contributed by atoms with Gasteiger partial charge in [-0.1, -0.05) is 24.3 Å². The molecule has 0 unspecified atom stereocenters. The van der Waals surface area contributed by atoms with Crippen molar-refractivity contribution in [1.29, 1.82) is 0 Å². The molecule has 0 spiro atoms. The van der Waals surface area contributed by atoms with Crippen molar-refractivity contribution in [3.8, 4) is 0 Å². The maximum Gasteiger partial charge on any atom is 0.325 e. The van der Waals surface area contributed by atoms with E-state index < -0.39 is 12.0 Å². The summed E-state index contributed by atoms with van der Waals surface area (Å²) in [5.41, 5.74) is 0. The lowest BCUT2D eigenvalue weighted by atomic mass is 10.2. The predicted octanol–water partition coefficient (Wildman–Crippen LogP) is 2.12. The Bertz CT molecular complexity index is 525. The Morgan fingerprint density at radius 3 is 2.75 bits per heavy atom. The summed E-state index contributed by atoms with van der Waals surface area (Å²) >= 11 is 0. The molecule has 2 aromatic rings. The van der Waals surface area contributed by atoms with E-state index in [1.54, 1.807) is 13.1 Å². The van der Waals surface area contributed by atoms with Crippen molar-refractivity contribution < 1.29 is 9.90 Å². The zero-order chi connectivity index (χ0) is 11.5. The van der Waals surface area contributed by atoms with Crippen LogP contribution in [-0.4, -0.2) is 22.1 Å². The van der Waals surface area contributed by atoms with E-state index in [2.05, 4.69) is 10.3 Å². The molecule has 0 amide bonds. The Hall–Kier alpha value is -2.10. The highest BCUT2D eigenvalue weighted by atomic mass is 16.4. The summed E-state index contributed by atoms with van der Waals surface area (Å²) < 4.78 is 0. The topological polar surface area (TPSA) is 62.2 Å². The van der Waals surface area contributed by atoms with Crippen molar-refractivity contribution in [2.45, 2.75) is 13.0 Å². The molecule has 1 atom stereocenters. The van der Waals surface area contributed by atoms with Gasteiger partial charge in [0.05, 0.1) is 0 Å². The van der Waals surface area contributed by atoms with E-state index >= 15 is 0 Å². The van der Waals surface area contributed by atoms with Crippen LogP contribution in [0.2, 0.25) is 0 Å². The molecule has 0 bridgehead atoms. The number of benzene rings is 1. The molecule has 4 nitrogen and oxygen atoms in total. The second kappa shape index (κ2) is 4.18. The molecule has 0 fully saturated rings. The number of pyridine rings is 1. The summed E-state index contributed by atoms with van der Waals surface area (Å²) in [6.07, 6.45) is 1.73. The van der Waals surface area contributed by atoms with Crippen molar-refractivity contribution in [3.63, 3.8) is 0 Å². The molecule has 0 saturated heterocycles. The summed E-state index contributed by atoms with van der Waals surface area (Å²) in [6.45, 7) is 1.58. The molecule has 1 aromatic heterocycles. The van der Waals surface area contributed by atoms with E-state index in [0.717, 1.165) is 10.8 Å². The summed E-state index contributed by atoms with van der Waals surface area (Å²) in [6, 6.07) is 9.01. The zero-order valence-electron chi connectivity index (χ0n) is 8.84. The zero-order valence-corrected chi connectivity index (χ0v) is 8.84. The number of hydrogen-bond acceptors (Lipinski definition) is 3. The first kappa shape index (κ1) is 10.4. The van der Waals surface area contributed by atoms with Crippen LogP contribution in [0.4, 0.5) is 5.82 Å². The van der Waals surface area contributed by atoms with Crippen molar-refractivity contribution in [2.75, 3.05) is 5.32 Å². The number of aromatic nitrogens is 1. The van der Waals surface area contributed by atoms with Crippen LogP contribution >= 0.6 is 0 Å². The number of hydrogen-bond donors (Lipinski definition) is 2. The Kier molecular flexibility index (Phi) is 2.72. The highest BCUT2D eigenvalue weighted by Crippen LogP contribution is 2.16. The summed E-state index contributed by atoms with van der Waals surface area (Å²) in [5, 5.41) is 13.7. The summed E-state index contributed by atoms with van der Waals surface area (Å²) in [7, 11) is 0. The second-order valence-electron chi connectivity index (χ2n) is 3.62.